The molecule has 1 amide bonds. The molecule has 9 heteroatoms. The van der Waals surface area contributed by atoms with Crippen molar-refractivity contribution >= 4 is 69.9 Å². The van der Waals surface area contributed by atoms with Gasteiger partial charge in [-0.2, -0.15) is 0 Å². The minimum absolute atomic E-state index is 0. The Morgan fingerprint density at radius 1 is 1.25 bits per heavy atom. The molecule has 0 aliphatic carbocycles. The highest BCUT2D eigenvalue weighted by molar-refractivity contribution is 14.0. The molecule has 3 aliphatic rings. The fourth-order valence-electron chi connectivity index (χ4n) is 3.75. The fourth-order valence-corrected chi connectivity index (χ4v) is 5.29. The minimum Gasteiger partial charge on any atom is -0.354 e. The van der Waals surface area contributed by atoms with Gasteiger partial charge < -0.3 is 10.2 Å². The summed E-state index contributed by atoms with van der Waals surface area (Å²) in [7, 11) is 0. The van der Waals surface area contributed by atoms with Crippen LogP contribution in [0.2, 0.25) is 0 Å². The normalized spacial score (nSPS) is 23.4. The monoisotopic (exact) mass is 530 g/mol. The van der Waals surface area contributed by atoms with Crippen LogP contribution in [0, 0.1) is 5.92 Å². The molecule has 0 bridgehead atoms. The van der Waals surface area contributed by atoms with Crippen LogP contribution < -0.4 is 5.32 Å². The predicted molar refractivity (Wildman–Crippen MR) is 126 cm³/mol. The standard InChI is InChI=1S/C19H22N4O2S2.HI/c24-16(13-4-2-1-3-5-13)14-6-10-22(11-7-14)12-15-17(25)23(19(26)27-15)18-20-8-9-21-18;/h1-5,14-15H,6-12H2,(H,20,21);1H. The number of rotatable bonds is 4. The molecule has 1 aromatic carbocycles. The van der Waals surface area contributed by atoms with Gasteiger partial charge in [0.15, 0.2) is 10.1 Å². The lowest BCUT2D eigenvalue weighted by molar-refractivity contribution is -0.123. The molecule has 150 valence electrons. The van der Waals surface area contributed by atoms with Gasteiger partial charge in [0.05, 0.1) is 6.54 Å². The van der Waals surface area contributed by atoms with Crippen LogP contribution in [0.1, 0.15) is 23.2 Å². The maximum Gasteiger partial charge on any atom is 0.249 e. The van der Waals surface area contributed by atoms with E-state index in [0.717, 1.165) is 38.0 Å². The quantitative estimate of drug-likeness (QED) is 0.367. The van der Waals surface area contributed by atoms with E-state index in [9.17, 15) is 9.59 Å². The van der Waals surface area contributed by atoms with Gasteiger partial charge in [-0.15, -0.1) is 24.0 Å². The van der Waals surface area contributed by atoms with Crippen LogP contribution in [0.15, 0.2) is 35.3 Å². The number of carbonyl (C=O) groups is 2. The number of hydrogen-bond acceptors (Lipinski definition) is 7. The zero-order valence-corrected chi connectivity index (χ0v) is 19.3. The summed E-state index contributed by atoms with van der Waals surface area (Å²) in [6, 6.07) is 9.51. The molecule has 1 N–H and O–H groups in total. The molecule has 0 radical (unpaired) electrons. The number of benzene rings is 1. The number of nitrogens with one attached hydrogen (secondary N) is 1. The number of amides is 1. The third kappa shape index (κ3) is 4.58. The van der Waals surface area contributed by atoms with Gasteiger partial charge in [0.2, 0.25) is 11.9 Å². The van der Waals surface area contributed by atoms with Gasteiger partial charge in [-0.05, 0) is 25.9 Å². The smallest absolute Gasteiger partial charge is 0.249 e. The molecule has 2 fully saturated rings. The number of ketones is 1. The molecule has 2 saturated heterocycles. The third-order valence-corrected chi connectivity index (χ3v) is 6.72. The number of Topliss-reactive ketones (excluding diaryl/α,β-unsaturated/α-hetero) is 1. The van der Waals surface area contributed by atoms with E-state index in [1.807, 2.05) is 30.3 Å². The molecule has 4 rings (SSSR count). The van der Waals surface area contributed by atoms with Crippen molar-refractivity contribution in [2.75, 3.05) is 32.7 Å². The first-order valence-corrected chi connectivity index (χ1v) is 10.6. The second-order valence-electron chi connectivity index (χ2n) is 6.98. The van der Waals surface area contributed by atoms with Gasteiger partial charge in [-0.1, -0.05) is 54.3 Å². The summed E-state index contributed by atoms with van der Waals surface area (Å²) in [5.74, 6) is 0.914. The van der Waals surface area contributed by atoms with Gasteiger partial charge in [0, 0.05) is 24.6 Å². The topological polar surface area (TPSA) is 65.0 Å². The summed E-state index contributed by atoms with van der Waals surface area (Å²) in [6.45, 7) is 3.76. The average molecular weight is 530 g/mol. The molecule has 3 heterocycles. The number of nitrogens with zero attached hydrogens (tertiary/aromatic N) is 3. The molecule has 0 spiro atoms. The number of aliphatic imine (C=N–C) groups is 1. The second kappa shape index (κ2) is 9.64. The Bertz CT molecular complexity index is 781. The zero-order chi connectivity index (χ0) is 18.8. The number of carbonyl (C=O) groups excluding carboxylic acids is 2. The van der Waals surface area contributed by atoms with Gasteiger partial charge in [-0.3, -0.25) is 14.6 Å². The van der Waals surface area contributed by atoms with Crippen molar-refractivity contribution in [1.82, 2.24) is 15.1 Å². The van der Waals surface area contributed by atoms with Crippen LogP contribution >= 0.6 is 48.0 Å². The van der Waals surface area contributed by atoms with Crippen molar-refractivity contribution in [3.8, 4) is 0 Å². The van der Waals surface area contributed by atoms with Crippen LogP contribution in [-0.4, -0.2) is 69.7 Å². The predicted octanol–water partition coefficient (Wildman–Crippen LogP) is 2.39. The molecular formula is C19H23IN4O2S2. The maximum atomic E-state index is 12.8. The highest BCUT2D eigenvalue weighted by Crippen LogP contribution is 2.30. The largest absolute Gasteiger partial charge is 0.354 e. The number of halogens is 1. The Morgan fingerprint density at radius 2 is 1.96 bits per heavy atom. The van der Waals surface area contributed by atoms with E-state index in [0.29, 0.717) is 23.4 Å². The maximum absolute atomic E-state index is 12.8. The molecule has 1 aromatic rings. The molecule has 0 saturated carbocycles. The number of guanidine groups is 1. The molecule has 28 heavy (non-hydrogen) atoms. The van der Waals surface area contributed by atoms with Gasteiger partial charge in [-0.25, -0.2) is 4.90 Å². The van der Waals surface area contributed by atoms with E-state index in [1.54, 1.807) is 4.90 Å². The van der Waals surface area contributed by atoms with E-state index >= 15 is 0 Å². The summed E-state index contributed by atoms with van der Waals surface area (Å²) in [6.07, 6.45) is 1.67. The van der Waals surface area contributed by atoms with E-state index < -0.39 is 0 Å². The van der Waals surface area contributed by atoms with Crippen LogP contribution in [0.4, 0.5) is 0 Å². The lowest BCUT2D eigenvalue weighted by Crippen LogP contribution is -2.46. The summed E-state index contributed by atoms with van der Waals surface area (Å²) < 4.78 is 0.576. The summed E-state index contributed by atoms with van der Waals surface area (Å²) in [4.78, 5) is 33.5. The van der Waals surface area contributed by atoms with Crippen LogP contribution in [-0.2, 0) is 4.79 Å². The number of hydrogen-bond donors (Lipinski definition) is 1. The minimum atomic E-state index is -0.191. The molecule has 6 nitrogen and oxygen atoms in total. The summed E-state index contributed by atoms with van der Waals surface area (Å²) in [5, 5.41) is 2.93. The Morgan fingerprint density at radius 3 is 2.61 bits per heavy atom. The molecule has 1 unspecified atom stereocenters. The number of piperidine rings is 1. The number of likely N-dealkylation sites (tertiary alicyclic amines) is 1. The Hall–Kier alpha value is -1.04. The van der Waals surface area contributed by atoms with Gasteiger partial charge in [0.25, 0.3) is 0 Å². The molecular weight excluding hydrogens is 507 g/mol. The molecule has 3 aliphatic heterocycles. The SMILES string of the molecule is I.O=C(c1ccccc1)C1CCN(CC2SC(=S)N(C3=NCCN3)C2=O)CC1. The van der Waals surface area contributed by atoms with Crippen molar-refractivity contribution in [3.63, 3.8) is 0 Å². The summed E-state index contributed by atoms with van der Waals surface area (Å²) >= 11 is 6.83. The first kappa shape index (κ1) is 21.7. The zero-order valence-electron chi connectivity index (χ0n) is 15.4. The lowest BCUT2D eigenvalue weighted by Gasteiger charge is -2.32. The number of thiocarbonyl (C=S) groups is 1. The van der Waals surface area contributed by atoms with E-state index in [4.69, 9.17) is 12.2 Å². The average Bonchev–Trinajstić information content (AvgIpc) is 3.31. The Balaban J connectivity index is 0.00000225. The second-order valence-corrected chi connectivity index (χ2v) is 8.82. The lowest BCUT2D eigenvalue weighted by atomic mass is 9.89. The van der Waals surface area contributed by atoms with E-state index in [-0.39, 0.29) is 46.8 Å². The van der Waals surface area contributed by atoms with Crippen molar-refractivity contribution < 1.29 is 9.59 Å². The van der Waals surface area contributed by atoms with Crippen molar-refractivity contribution in [1.29, 1.82) is 0 Å². The first-order valence-electron chi connectivity index (χ1n) is 9.28. The molecule has 0 aromatic heterocycles. The highest BCUT2D eigenvalue weighted by atomic mass is 127. The first-order chi connectivity index (χ1) is 13.1. The van der Waals surface area contributed by atoms with Crippen LogP contribution in [0.5, 0.6) is 0 Å². The van der Waals surface area contributed by atoms with Crippen molar-refractivity contribution in [2.45, 2.75) is 18.1 Å². The number of thioether (sulfide) groups is 1. The Labute approximate surface area is 191 Å². The Kier molecular flexibility index (Phi) is 7.46. The van der Waals surface area contributed by atoms with Crippen LogP contribution in [0.25, 0.3) is 0 Å². The van der Waals surface area contributed by atoms with Gasteiger partial charge >= 0.3 is 0 Å². The van der Waals surface area contributed by atoms with E-state index in [1.165, 1.54) is 11.8 Å². The third-order valence-electron chi connectivity index (χ3n) is 5.23. The van der Waals surface area contributed by atoms with Crippen molar-refractivity contribution in [3.05, 3.63) is 35.9 Å². The molecule has 1 atom stereocenters. The van der Waals surface area contributed by atoms with E-state index in [2.05, 4.69) is 15.2 Å². The summed E-state index contributed by atoms with van der Waals surface area (Å²) in [5.41, 5.74) is 0.795. The van der Waals surface area contributed by atoms with Gasteiger partial charge in [0.1, 0.15) is 5.25 Å². The van der Waals surface area contributed by atoms with Crippen molar-refractivity contribution in [2.24, 2.45) is 10.9 Å². The van der Waals surface area contributed by atoms with Crippen LogP contribution in [0.3, 0.4) is 0 Å². The highest BCUT2D eigenvalue weighted by Gasteiger charge is 2.41. The fraction of sp³-hybridized carbons (Fsp3) is 0.474.